The summed E-state index contributed by atoms with van der Waals surface area (Å²) in [5.74, 6) is 0.0903. The molecule has 1 heterocycles. The van der Waals surface area contributed by atoms with Gasteiger partial charge in [0.25, 0.3) is 5.56 Å². The summed E-state index contributed by atoms with van der Waals surface area (Å²) in [6.07, 6.45) is 0.707. The third kappa shape index (κ3) is 5.70. The van der Waals surface area contributed by atoms with E-state index in [1.54, 1.807) is 10.6 Å². The summed E-state index contributed by atoms with van der Waals surface area (Å²) < 4.78 is 7.05. The smallest absolute Gasteiger partial charge is 0.262 e. The second-order valence-electron chi connectivity index (χ2n) is 6.91. The molecule has 0 fully saturated rings. The molecule has 0 spiro atoms. The molecule has 0 saturated heterocycles. The quantitative estimate of drug-likeness (QED) is 0.304. The number of nitrogens with one attached hydrogen (secondary N) is 1. The number of nitrogens with zero attached hydrogens (tertiary/aromatic N) is 2. The summed E-state index contributed by atoms with van der Waals surface area (Å²) in [6.45, 7) is 5.62. The largest absolute Gasteiger partial charge is 0.382 e. The van der Waals surface area contributed by atoms with Crippen molar-refractivity contribution < 1.29 is 9.53 Å². The van der Waals surface area contributed by atoms with E-state index in [0.29, 0.717) is 42.2 Å². The zero-order chi connectivity index (χ0) is 21.3. The third-order valence-corrected chi connectivity index (χ3v) is 5.69. The number of amides is 1. The number of aromatic nitrogens is 2. The van der Waals surface area contributed by atoms with Crippen LogP contribution in [0.3, 0.4) is 0 Å². The van der Waals surface area contributed by atoms with E-state index in [1.807, 2.05) is 62.4 Å². The lowest BCUT2D eigenvalue weighted by Crippen LogP contribution is -2.29. The van der Waals surface area contributed by atoms with Crippen LogP contribution in [-0.4, -0.2) is 34.4 Å². The molecule has 0 aliphatic carbocycles. The van der Waals surface area contributed by atoms with Crippen molar-refractivity contribution in [2.24, 2.45) is 0 Å². The van der Waals surface area contributed by atoms with Crippen LogP contribution in [-0.2, 0) is 16.1 Å². The molecule has 0 aliphatic heterocycles. The fourth-order valence-electron chi connectivity index (χ4n) is 3.16. The minimum atomic E-state index is -0.0976. The van der Waals surface area contributed by atoms with Crippen LogP contribution in [0.25, 0.3) is 10.9 Å². The Morgan fingerprint density at radius 3 is 2.67 bits per heavy atom. The highest BCUT2D eigenvalue weighted by Gasteiger charge is 2.14. The molecule has 2 aromatic carbocycles. The molecule has 0 bridgehead atoms. The maximum absolute atomic E-state index is 13.0. The van der Waals surface area contributed by atoms with Gasteiger partial charge in [-0.2, -0.15) is 0 Å². The second kappa shape index (κ2) is 10.9. The monoisotopic (exact) mass is 425 g/mol. The first-order chi connectivity index (χ1) is 14.6. The molecule has 0 radical (unpaired) electrons. The Kier molecular flexibility index (Phi) is 8.04. The summed E-state index contributed by atoms with van der Waals surface area (Å²) in [5.41, 5.74) is 1.61. The van der Waals surface area contributed by atoms with E-state index in [0.717, 1.165) is 5.56 Å². The minimum Gasteiger partial charge on any atom is -0.382 e. The Balaban J connectivity index is 1.73. The fourth-order valence-corrected chi connectivity index (χ4v) is 4.00. The molecular weight excluding hydrogens is 398 g/mol. The minimum absolute atomic E-state index is 0.0855. The molecule has 30 heavy (non-hydrogen) atoms. The molecule has 0 aliphatic rings. The maximum Gasteiger partial charge on any atom is 0.262 e. The Morgan fingerprint density at radius 1 is 1.17 bits per heavy atom. The van der Waals surface area contributed by atoms with Crippen molar-refractivity contribution >= 4 is 28.6 Å². The van der Waals surface area contributed by atoms with Crippen LogP contribution in [0.4, 0.5) is 0 Å². The van der Waals surface area contributed by atoms with Crippen LogP contribution in [0, 0.1) is 0 Å². The molecule has 1 amide bonds. The van der Waals surface area contributed by atoms with Crippen molar-refractivity contribution in [3.05, 3.63) is 70.5 Å². The molecule has 1 atom stereocenters. The number of benzene rings is 2. The fraction of sp³-hybridized carbons (Fsp3) is 0.348. The first-order valence-corrected chi connectivity index (χ1v) is 11.1. The number of thioether (sulfide) groups is 1. The highest BCUT2D eigenvalue weighted by Crippen LogP contribution is 2.19. The number of carbonyl (C=O) groups excluding carboxylic acids is 1. The lowest BCUT2D eigenvalue weighted by Gasteiger charge is -2.15. The van der Waals surface area contributed by atoms with Crippen molar-refractivity contribution in [1.29, 1.82) is 0 Å². The summed E-state index contributed by atoms with van der Waals surface area (Å²) in [4.78, 5) is 30.1. The Bertz CT molecular complexity index is 1040. The highest BCUT2D eigenvalue weighted by atomic mass is 32.2. The average Bonchev–Trinajstić information content (AvgIpc) is 2.77. The Labute approximate surface area is 180 Å². The molecule has 6 nitrogen and oxygen atoms in total. The molecule has 1 N–H and O–H groups in total. The van der Waals surface area contributed by atoms with Crippen LogP contribution in [0.5, 0.6) is 0 Å². The summed E-state index contributed by atoms with van der Waals surface area (Å²) in [7, 11) is 0. The number of carbonyl (C=O) groups is 1. The van der Waals surface area contributed by atoms with Gasteiger partial charge in [0.15, 0.2) is 5.16 Å². The summed E-state index contributed by atoms with van der Waals surface area (Å²) in [5, 5.41) is 4.14. The lowest BCUT2D eigenvalue weighted by atomic mass is 10.1. The van der Waals surface area contributed by atoms with Gasteiger partial charge in [-0.3, -0.25) is 14.2 Å². The van der Waals surface area contributed by atoms with Gasteiger partial charge in [-0.15, -0.1) is 0 Å². The number of hydrogen-bond acceptors (Lipinski definition) is 5. The van der Waals surface area contributed by atoms with E-state index in [9.17, 15) is 9.59 Å². The summed E-state index contributed by atoms with van der Waals surface area (Å²) >= 11 is 1.28. The SMILES string of the molecule is CCOCCCn1c(SCC(=O)NC(C)c2ccccc2)nc2ccccc2c1=O. The molecule has 3 rings (SSSR count). The average molecular weight is 426 g/mol. The van der Waals surface area contributed by atoms with Gasteiger partial charge in [-0.25, -0.2) is 4.98 Å². The molecule has 1 unspecified atom stereocenters. The zero-order valence-corrected chi connectivity index (χ0v) is 18.2. The Hall–Kier alpha value is -2.64. The molecule has 3 aromatic rings. The first kappa shape index (κ1) is 22.1. The number of para-hydroxylation sites is 1. The van der Waals surface area contributed by atoms with E-state index in [2.05, 4.69) is 10.3 Å². The van der Waals surface area contributed by atoms with Crippen molar-refractivity contribution in [2.75, 3.05) is 19.0 Å². The normalized spacial score (nSPS) is 12.1. The van der Waals surface area contributed by atoms with Gasteiger partial charge in [0, 0.05) is 19.8 Å². The first-order valence-electron chi connectivity index (χ1n) is 10.1. The van der Waals surface area contributed by atoms with Gasteiger partial charge in [0.1, 0.15) is 0 Å². The number of hydrogen-bond donors (Lipinski definition) is 1. The van der Waals surface area contributed by atoms with Gasteiger partial charge < -0.3 is 10.1 Å². The molecule has 1 aromatic heterocycles. The zero-order valence-electron chi connectivity index (χ0n) is 17.3. The second-order valence-corrected chi connectivity index (χ2v) is 7.85. The van der Waals surface area contributed by atoms with Crippen LogP contribution < -0.4 is 10.9 Å². The van der Waals surface area contributed by atoms with Crippen molar-refractivity contribution in [3.8, 4) is 0 Å². The van der Waals surface area contributed by atoms with E-state index < -0.39 is 0 Å². The van der Waals surface area contributed by atoms with Gasteiger partial charge in [0.2, 0.25) is 5.91 Å². The van der Waals surface area contributed by atoms with Crippen LogP contribution >= 0.6 is 11.8 Å². The van der Waals surface area contributed by atoms with Gasteiger partial charge >= 0.3 is 0 Å². The van der Waals surface area contributed by atoms with Crippen molar-refractivity contribution in [1.82, 2.24) is 14.9 Å². The molecule has 158 valence electrons. The Morgan fingerprint density at radius 2 is 1.90 bits per heavy atom. The molecule has 0 saturated carbocycles. The molecule has 7 heteroatoms. The van der Waals surface area contributed by atoms with E-state index >= 15 is 0 Å². The maximum atomic E-state index is 13.0. The standard InChI is InChI=1S/C23H27N3O3S/c1-3-29-15-9-14-26-22(28)19-12-7-8-13-20(19)25-23(26)30-16-21(27)24-17(2)18-10-5-4-6-11-18/h4-8,10-13,17H,3,9,14-16H2,1-2H3,(H,24,27). The van der Waals surface area contributed by atoms with Crippen LogP contribution in [0.2, 0.25) is 0 Å². The van der Waals surface area contributed by atoms with E-state index in [1.165, 1.54) is 11.8 Å². The van der Waals surface area contributed by atoms with Crippen LogP contribution in [0.1, 0.15) is 31.9 Å². The van der Waals surface area contributed by atoms with Crippen molar-refractivity contribution in [3.63, 3.8) is 0 Å². The van der Waals surface area contributed by atoms with Gasteiger partial charge in [0.05, 0.1) is 22.7 Å². The lowest BCUT2D eigenvalue weighted by molar-refractivity contribution is -0.119. The van der Waals surface area contributed by atoms with Crippen molar-refractivity contribution in [2.45, 2.75) is 38.0 Å². The molecular formula is C23H27N3O3S. The predicted molar refractivity (Wildman–Crippen MR) is 121 cm³/mol. The summed E-state index contributed by atoms with van der Waals surface area (Å²) in [6, 6.07) is 17.0. The topological polar surface area (TPSA) is 73.2 Å². The van der Waals surface area contributed by atoms with E-state index in [-0.39, 0.29) is 23.3 Å². The number of rotatable bonds is 10. The van der Waals surface area contributed by atoms with Gasteiger partial charge in [-0.1, -0.05) is 54.2 Å². The number of fused-ring (bicyclic) bond motifs is 1. The predicted octanol–water partition coefficient (Wildman–Crippen LogP) is 3.79. The highest BCUT2D eigenvalue weighted by molar-refractivity contribution is 7.99. The number of ether oxygens (including phenoxy) is 1. The third-order valence-electron chi connectivity index (χ3n) is 4.71. The van der Waals surface area contributed by atoms with Crippen LogP contribution in [0.15, 0.2) is 64.5 Å². The van der Waals surface area contributed by atoms with E-state index in [4.69, 9.17) is 4.74 Å². The van der Waals surface area contributed by atoms with Gasteiger partial charge in [-0.05, 0) is 38.0 Å².